The van der Waals surface area contributed by atoms with E-state index in [-0.39, 0.29) is 5.69 Å². The Morgan fingerprint density at radius 2 is 2.33 bits per heavy atom. The molecule has 2 aromatic rings. The number of H-pyrrole nitrogens is 1. The number of non-ortho nitro benzene ring substituents is 1. The van der Waals surface area contributed by atoms with E-state index >= 15 is 0 Å². The summed E-state index contributed by atoms with van der Waals surface area (Å²) in [6.45, 7) is 4.08. The van der Waals surface area contributed by atoms with Crippen LogP contribution in [0.4, 0.5) is 11.4 Å². The largest absolute Gasteiger partial charge is 0.371 e. The summed E-state index contributed by atoms with van der Waals surface area (Å²) in [5.74, 6) is 0.985. The van der Waals surface area contributed by atoms with E-state index < -0.39 is 4.92 Å². The maximum Gasteiger partial charge on any atom is 0.270 e. The zero-order valence-corrected chi connectivity index (χ0v) is 11.7. The molecule has 1 aromatic heterocycles. The van der Waals surface area contributed by atoms with Crippen LogP contribution in [0.5, 0.6) is 0 Å². The summed E-state index contributed by atoms with van der Waals surface area (Å²) in [4.78, 5) is 12.8. The standard InChI is InChI=1S/C13H16N6O2/c1-9-3-2-6-18(8-9)12-5-4-10(19(20)21)7-11(12)13-14-16-17-15-13/h4-5,7,9H,2-3,6,8H2,1H3,(H,14,15,16,17)/t9-/m1/s1. The second kappa shape index (κ2) is 5.47. The van der Waals surface area contributed by atoms with E-state index in [9.17, 15) is 10.1 Å². The van der Waals surface area contributed by atoms with Crippen molar-refractivity contribution in [1.82, 2.24) is 20.6 Å². The first kappa shape index (κ1) is 13.5. The van der Waals surface area contributed by atoms with Crippen molar-refractivity contribution in [2.75, 3.05) is 18.0 Å². The zero-order valence-electron chi connectivity index (χ0n) is 11.7. The van der Waals surface area contributed by atoms with Crippen LogP contribution in [0.25, 0.3) is 11.4 Å². The van der Waals surface area contributed by atoms with Crippen molar-refractivity contribution in [1.29, 1.82) is 0 Å². The molecule has 0 bridgehead atoms. The molecule has 8 heteroatoms. The van der Waals surface area contributed by atoms with E-state index in [1.807, 2.05) is 0 Å². The molecule has 8 nitrogen and oxygen atoms in total. The summed E-state index contributed by atoms with van der Waals surface area (Å²) in [7, 11) is 0. The maximum atomic E-state index is 11.0. The number of benzene rings is 1. The molecule has 0 amide bonds. The Kier molecular flexibility index (Phi) is 3.51. The van der Waals surface area contributed by atoms with Gasteiger partial charge in [0.2, 0.25) is 5.82 Å². The Hall–Kier alpha value is -2.51. The van der Waals surface area contributed by atoms with Crippen LogP contribution in [-0.2, 0) is 0 Å². The molecule has 1 aliphatic rings. The number of aromatic nitrogens is 4. The molecule has 1 fully saturated rings. The number of rotatable bonds is 3. The molecule has 1 atom stereocenters. The van der Waals surface area contributed by atoms with Gasteiger partial charge >= 0.3 is 0 Å². The van der Waals surface area contributed by atoms with Crippen LogP contribution in [0.2, 0.25) is 0 Å². The molecule has 0 unspecified atom stereocenters. The molecule has 3 rings (SSSR count). The Bertz CT molecular complexity index is 642. The van der Waals surface area contributed by atoms with Crippen molar-refractivity contribution < 1.29 is 4.92 Å². The normalized spacial score (nSPS) is 18.7. The average Bonchev–Trinajstić information content (AvgIpc) is 3.00. The van der Waals surface area contributed by atoms with E-state index in [1.54, 1.807) is 6.07 Å². The minimum absolute atomic E-state index is 0.0311. The van der Waals surface area contributed by atoms with Gasteiger partial charge in [-0.05, 0) is 30.0 Å². The number of piperidine rings is 1. The van der Waals surface area contributed by atoms with Gasteiger partial charge in [-0.15, -0.1) is 10.2 Å². The minimum Gasteiger partial charge on any atom is -0.371 e. The van der Waals surface area contributed by atoms with Crippen LogP contribution in [0, 0.1) is 16.0 Å². The fourth-order valence-electron chi connectivity index (χ4n) is 2.78. The third kappa shape index (κ3) is 2.69. The van der Waals surface area contributed by atoms with Gasteiger partial charge in [-0.1, -0.05) is 6.92 Å². The van der Waals surface area contributed by atoms with Crippen LogP contribution < -0.4 is 4.90 Å². The van der Waals surface area contributed by atoms with Crippen molar-refractivity contribution in [3.63, 3.8) is 0 Å². The van der Waals surface area contributed by atoms with E-state index in [4.69, 9.17) is 0 Å². The second-order valence-electron chi connectivity index (χ2n) is 5.39. The number of hydrogen-bond acceptors (Lipinski definition) is 6. The van der Waals surface area contributed by atoms with Crippen LogP contribution in [-0.4, -0.2) is 38.6 Å². The van der Waals surface area contributed by atoms with Crippen LogP contribution in [0.1, 0.15) is 19.8 Å². The van der Waals surface area contributed by atoms with Crippen molar-refractivity contribution in [3.05, 3.63) is 28.3 Å². The lowest BCUT2D eigenvalue weighted by molar-refractivity contribution is -0.384. The third-order valence-corrected chi connectivity index (χ3v) is 3.77. The molecule has 1 aliphatic heterocycles. The van der Waals surface area contributed by atoms with Gasteiger partial charge in [0.25, 0.3) is 5.69 Å². The molecule has 21 heavy (non-hydrogen) atoms. The number of nitro benzene ring substituents is 1. The molecule has 110 valence electrons. The smallest absolute Gasteiger partial charge is 0.270 e. The lowest BCUT2D eigenvalue weighted by atomic mass is 9.98. The summed E-state index contributed by atoms with van der Waals surface area (Å²) in [6.07, 6.45) is 2.32. The quantitative estimate of drug-likeness (QED) is 0.684. The molecule has 0 saturated carbocycles. The highest BCUT2D eigenvalue weighted by molar-refractivity contribution is 5.76. The second-order valence-corrected chi connectivity index (χ2v) is 5.39. The van der Waals surface area contributed by atoms with Gasteiger partial charge < -0.3 is 4.90 Å². The van der Waals surface area contributed by atoms with Gasteiger partial charge in [0.15, 0.2) is 0 Å². The average molecular weight is 288 g/mol. The van der Waals surface area contributed by atoms with Gasteiger partial charge in [-0.3, -0.25) is 10.1 Å². The van der Waals surface area contributed by atoms with Crippen LogP contribution in [0.15, 0.2) is 18.2 Å². The highest BCUT2D eigenvalue weighted by Crippen LogP contribution is 2.34. The predicted octanol–water partition coefficient (Wildman–Crippen LogP) is 2.01. The lowest BCUT2D eigenvalue weighted by Gasteiger charge is -2.33. The van der Waals surface area contributed by atoms with Gasteiger partial charge in [0.05, 0.1) is 10.5 Å². The third-order valence-electron chi connectivity index (χ3n) is 3.77. The number of nitrogens with zero attached hydrogens (tertiary/aromatic N) is 5. The van der Waals surface area contributed by atoms with Gasteiger partial charge in [0.1, 0.15) is 0 Å². The highest BCUT2D eigenvalue weighted by atomic mass is 16.6. The molecular formula is C13H16N6O2. The van der Waals surface area contributed by atoms with E-state index in [2.05, 4.69) is 32.4 Å². The van der Waals surface area contributed by atoms with Crippen molar-refractivity contribution in [2.24, 2.45) is 5.92 Å². The molecule has 0 radical (unpaired) electrons. The molecule has 0 aliphatic carbocycles. The summed E-state index contributed by atoms with van der Waals surface area (Å²) in [5, 5.41) is 24.9. The monoisotopic (exact) mass is 288 g/mol. The fraction of sp³-hybridized carbons (Fsp3) is 0.462. The van der Waals surface area contributed by atoms with Crippen LogP contribution in [0.3, 0.4) is 0 Å². The summed E-state index contributed by atoms with van der Waals surface area (Å²) in [5.41, 5.74) is 1.60. The van der Waals surface area contributed by atoms with Crippen LogP contribution >= 0.6 is 0 Å². The number of tetrazole rings is 1. The van der Waals surface area contributed by atoms with E-state index in [1.165, 1.54) is 18.6 Å². The Morgan fingerprint density at radius 1 is 1.48 bits per heavy atom. The molecular weight excluding hydrogens is 272 g/mol. The first-order chi connectivity index (χ1) is 10.1. The molecule has 0 spiro atoms. The first-order valence-corrected chi connectivity index (χ1v) is 6.92. The molecule has 1 saturated heterocycles. The minimum atomic E-state index is -0.411. The maximum absolute atomic E-state index is 11.0. The van der Waals surface area contributed by atoms with Gasteiger partial charge in [-0.2, -0.15) is 5.21 Å². The Labute approximate surface area is 121 Å². The predicted molar refractivity (Wildman–Crippen MR) is 76.9 cm³/mol. The molecule has 1 N–H and O–H groups in total. The zero-order chi connectivity index (χ0) is 14.8. The number of aromatic amines is 1. The lowest BCUT2D eigenvalue weighted by Crippen LogP contribution is -2.34. The van der Waals surface area contributed by atoms with E-state index in [0.717, 1.165) is 25.2 Å². The topological polar surface area (TPSA) is 101 Å². The number of nitro groups is 1. The SMILES string of the molecule is C[C@@H]1CCCN(c2ccc([N+](=O)[O-])cc2-c2nn[nH]n2)C1. The van der Waals surface area contributed by atoms with Crippen molar-refractivity contribution in [3.8, 4) is 11.4 Å². The summed E-state index contributed by atoms with van der Waals surface area (Å²) in [6, 6.07) is 4.82. The molecule has 1 aromatic carbocycles. The number of nitrogens with one attached hydrogen (secondary N) is 1. The van der Waals surface area contributed by atoms with Gasteiger partial charge in [0, 0.05) is 30.9 Å². The highest BCUT2D eigenvalue weighted by Gasteiger charge is 2.23. The van der Waals surface area contributed by atoms with Gasteiger partial charge in [-0.25, -0.2) is 0 Å². The summed E-state index contributed by atoms with van der Waals surface area (Å²) >= 11 is 0. The Balaban J connectivity index is 2.04. The van der Waals surface area contributed by atoms with E-state index in [0.29, 0.717) is 17.3 Å². The molecule has 2 heterocycles. The van der Waals surface area contributed by atoms with Crippen molar-refractivity contribution in [2.45, 2.75) is 19.8 Å². The van der Waals surface area contributed by atoms with Crippen molar-refractivity contribution >= 4 is 11.4 Å². The Morgan fingerprint density at radius 3 is 3.00 bits per heavy atom. The number of hydrogen-bond donors (Lipinski definition) is 1. The fourth-order valence-corrected chi connectivity index (χ4v) is 2.78. The summed E-state index contributed by atoms with van der Waals surface area (Å²) < 4.78 is 0. The first-order valence-electron chi connectivity index (χ1n) is 6.92. The number of anilines is 1.